The minimum atomic E-state index is -1.42. The maximum Gasteiger partial charge on any atom is 0.260 e. The number of carbonyl (C=O) groups is 2. The first-order chi connectivity index (χ1) is 18.9. The summed E-state index contributed by atoms with van der Waals surface area (Å²) in [5.74, 6) is -2.83. The number of hydrogen-bond acceptors (Lipinski definition) is 4. The molecule has 0 spiro atoms. The van der Waals surface area contributed by atoms with Crippen molar-refractivity contribution in [2.45, 2.75) is 17.8 Å². The van der Waals surface area contributed by atoms with E-state index in [-0.39, 0.29) is 12.2 Å². The average Bonchev–Trinajstić information content (AvgIpc) is 3.16. The van der Waals surface area contributed by atoms with Crippen LogP contribution in [0.5, 0.6) is 5.75 Å². The molecule has 4 aromatic rings. The number of nitrogens with one attached hydrogen (secondary N) is 1. The molecular weight excluding hydrogens is 515 g/mol. The number of anilines is 1. The Kier molecular flexibility index (Phi) is 6.00. The van der Waals surface area contributed by atoms with E-state index in [0.717, 1.165) is 21.4 Å². The van der Waals surface area contributed by atoms with Gasteiger partial charge in [0.05, 0.1) is 17.0 Å². The Labute approximate surface area is 229 Å². The van der Waals surface area contributed by atoms with Crippen LogP contribution in [-0.4, -0.2) is 21.9 Å². The zero-order valence-electron chi connectivity index (χ0n) is 20.8. The van der Waals surface area contributed by atoms with E-state index in [1.807, 2.05) is 36.4 Å². The van der Waals surface area contributed by atoms with Crippen molar-refractivity contribution in [2.75, 3.05) is 5.43 Å². The lowest BCUT2D eigenvalue weighted by atomic mass is 9.55. The van der Waals surface area contributed by atoms with Crippen LogP contribution in [-0.2, 0) is 15.0 Å². The molecule has 0 bridgehead atoms. The molecule has 7 heteroatoms. The van der Waals surface area contributed by atoms with Crippen LogP contribution >= 0.6 is 11.6 Å². The molecule has 1 aliphatic heterocycles. The summed E-state index contributed by atoms with van der Waals surface area (Å²) in [4.78, 5) is 28.7. The molecule has 194 valence electrons. The molecule has 0 aromatic heterocycles. The fourth-order valence-electron chi connectivity index (χ4n) is 6.19. The largest absolute Gasteiger partial charge is 0.508 e. The second-order valence-electron chi connectivity index (χ2n) is 9.82. The molecule has 5 nitrogen and oxygen atoms in total. The number of aromatic hydroxyl groups is 1. The van der Waals surface area contributed by atoms with E-state index in [4.69, 9.17) is 11.6 Å². The first kappa shape index (κ1) is 24.9. The van der Waals surface area contributed by atoms with Crippen molar-refractivity contribution in [2.24, 2.45) is 5.92 Å². The number of imide groups is 1. The highest BCUT2D eigenvalue weighted by Gasteiger charge is 2.66. The van der Waals surface area contributed by atoms with Gasteiger partial charge in [0, 0.05) is 16.5 Å². The zero-order chi connectivity index (χ0) is 27.3. The average molecular weight is 539 g/mol. The van der Waals surface area contributed by atoms with Gasteiger partial charge in [-0.2, -0.15) is 5.01 Å². The third-order valence-electron chi connectivity index (χ3n) is 7.88. The van der Waals surface area contributed by atoms with Crippen molar-refractivity contribution in [1.29, 1.82) is 0 Å². The van der Waals surface area contributed by atoms with Gasteiger partial charge in [0.1, 0.15) is 11.6 Å². The summed E-state index contributed by atoms with van der Waals surface area (Å²) in [6.07, 6.45) is 3.90. The molecule has 2 N–H and O–H groups in total. The molecule has 4 aromatic carbocycles. The number of carbonyl (C=O) groups excluding carboxylic acids is 2. The number of halogens is 2. The number of hydrogen-bond donors (Lipinski definition) is 2. The number of fused-ring (bicyclic) bond motifs is 2. The van der Waals surface area contributed by atoms with Gasteiger partial charge in [-0.05, 0) is 70.8 Å². The minimum absolute atomic E-state index is 0.0191. The molecule has 0 radical (unpaired) electrons. The highest BCUT2D eigenvalue weighted by atomic mass is 35.5. The third-order valence-corrected chi connectivity index (χ3v) is 8.13. The standard InChI is InChI=1S/C32H24ClFN2O3/c1-2-19-7-17-26-30(38)36(35-24-15-13-23(34)14-16-24)31(39)32(26,21-9-11-22(33)12-10-21)29(19)28-25-6-4-3-5-20(25)8-18-27(28)37/h2-16,18,26,29,35,37H,1,17H2/t26-,29+,32+/m0/s1. The van der Waals surface area contributed by atoms with Crippen molar-refractivity contribution in [1.82, 2.24) is 5.01 Å². The first-order valence-corrected chi connectivity index (χ1v) is 12.9. The predicted octanol–water partition coefficient (Wildman–Crippen LogP) is 6.89. The quantitative estimate of drug-likeness (QED) is 0.271. The van der Waals surface area contributed by atoms with E-state index in [1.54, 1.807) is 36.4 Å². The molecule has 1 saturated heterocycles. The van der Waals surface area contributed by atoms with Crippen molar-refractivity contribution >= 4 is 39.9 Å². The van der Waals surface area contributed by atoms with Gasteiger partial charge in [0.25, 0.3) is 11.8 Å². The van der Waals surface area contributed by atoms with Crippen molar-refractivity contribution in [3.8, 4) is 5.75 Å². The second kappa shape index (κ2) is 9.40. The number of rotatable bonds is 5. The van der Waals surface area contributed by atoms with Gasteiger partial charge < -0.3 is 5.11 Å². The molecule has 0 unspecified atom stereocenters. The van der Waals surface area contributed by atoms with Crippen molar-refractivity contribution in [3.63, 3.8) is 0 Å². The number of allylic oxidation sites excluding steroid dienone is 3. The van der Waals surface area contributed by atoms with E-state index >= 15 is 0 Å². The van der Waals surface area contributed by atoms with E-state index in [9.17, 15) is 19.1 Å². The topological polar surface area (TPSA) is 69.6 Å². The Morgan fingerprint density at radius 1 is 1.00 bits per heavy atom. The smallest absolute Gasteiger partial charge is 0.260 e. The molecule has 2 aliphatic rings. The van der Waals surface area contributed by atoms with Gasteiger partial charge >= 0.3 is 0 Å². The molecule has 1 heterocycles. The van der Waals surface area contributed by atoms with E-state index in [2.05, 4.69) is 12.0 Å². The summed E-state index contributed by atoms with van der Waals surface area (Å²) in [6, 6.07) is 23.4. The molecule has 1 fully saturated rings. The fourth-order valence-corrected chi connectivity index (χ4v) is 6.32. The lowest BCUT2D eigenvalue weighted by Gasteiger charge is -2.43. The highest BCUT2D eigenvalue weighted by molar-refractivity contribution is 6.30. The summed E-state index contributed by atoms with van der Waals surface area (Å²) in [7, 11) is 0. The lowest BCUT2D eigenvalue weighted by Crippen LogP contribution is -2.48. The second-order valence-corrected chi connectivity index (χ2v) is 10.3. The van der Waals surface area contributed by atoms with Gasteiger partial charge in [-0.1, -0.05) is 72.8 Å². The van der Waals surface area contributed by atoms with Crippen LogP contribution in [0.3, 0.4) is 0 Å². The molecule has 6 rings (SSSR count). The summed E-state index contributed by atoms with van der Waals surface area (Å²) in [6.45, 7) is 4.03. The summed E-state index contributed by atoms with van der Waals surface area (Å²) < 4.78 is 13.6. The summed E-state index contributed by atoms with van der Waals surface area (Å²) in [5, 5.41) is 14.5. The Balaban J connectivity index is 1.64. The molecule has 0 saturated carbocycles. The van der Waals surface area contributed by atoms with Crippen molar-refractivity contribution in [3.05, 3.63) is 131 Å². The minimum Gasteiger partial charge on any atom is -0.508 e. The van der Waals surface area contributed by atoms with Gasteiger partial charge in [-0.15, -0.1) is 0 Å². The molecule has 39 heavy (non-hydrogen) atoms. The third kappa shape index (κ3) is 3.74. The highest BCUT2D eigenvalue weighted by Crippen LogP contribution is 2.59. The van der Waals surface area contributed by atoms with Crippen LogP contribution in [0.4, 0.5) is 10.1 Å². The maximum absolute atomic E-state index is 14.7. The number of hydrazine groups is 1. The molecule has 3 atom stereocenters. The Morgan fingerprint density at radius 2 is 1.72 bits per heavy atom. The van der Waals surface area contributed by atoms with Crippen LogP contribution in [0.1, 0.15) is 23.5 Å². The number of nitrogens with zero attached hydrogens (tertiary/aromatic N) is 1. The van der Waals surface area contributed by atoms with E-state index in [0.29, 0.717) is 21.8 Å². The molecule has 1 aliphatic carbocycles. The predicted molar refractivity (Wildman–Crippen MR) is 150 cm³/mol. The monoisotopic (exact) mass is 538 g/mol. The van der Waals surface area contributed by atoms with E-state index in [1.165, 1.54) is 24.3 Å². The summed E-state index contributed by atoms with van der Waals surface area (Å²) >= 11 is 6.24. The Bertz CT molecular complexity index is 1670. The van der Waals surface area contributed by atoms with Crippen LogP contribution < -0.4 is 5.43 Å². The van der Waals surface area contributed by atoms with Gasteiger partial charge in [0.15, 0.2) is 0 Å². The molecular formula is C32H24ClFN2O3. The van der Waals surface area contributed by atoms with Crippen LogP contribution in [0.15, 0.2) is 109 Å². The van der Waals surface area contributed by atoms with Gasteiger partial charge in [-0.3, -0.25) is 15.0 Å². The number of amides is 2. The Morgan fingerprint density at radius 3 is 2.44 bits per heavy atom. The zero-order valence-corrected chi connectivity index (χ0v) is 21.5. The number of phenols is 1. The summed E-state index contributed by atoms with van der Waals surface area (Å²) in [5.41, 5.74) is 3.77. The van der Waals surface area contributed by atoms with E-state index < -0.39 is 34.9 Å². The van der Waals surface area contributed by atoms with Gasteiger partial charge in [-0.25, -0.2) is 4.39 Å². The SMILES string of the molecule is C=CC1=CC[C@H]2C(=O)N(Nc3ccc(F)cc3)C(=O)[C@@]2(c2ccc(Cl)cc2)[C@H]1c1c(O)ccc2ccccc12. The van der Waals surface area contributed by atoms with Crippen LogP contribution in [0.25, 0.3) is 10.8 Å². The maximum atomic E-state index is 14.7. The Hall–Kier alpha value is -4.42. The van der Waals surface area contributed by atoms with Crippen molar-refractivity contribution < 1.29 is 19.1 Å². The van der Waals surface area contributed by atoms with Crippen LogP contribution in [0, 0.1) is 11.7 Å². The first-order valence-electron chi connectivity index (χ1n) is 12.6. The lowest BCUT2D eigenvalue weighted by molar-refractivity contribution is -0.138. The number of phenolic OH excluding ortho intramolecular Hbond substituents is 1. The number of benzene rings is 4. The van der Waals surface area contributed by atoms with Crippen LogP contribution in [0.2, 0.25) is 5.02 Å². The molecule has 2 amide bonds. The van der Waals surface area contributed by atoms with Gasteiger partial charge in [0.2, 0.25) is 0 Å². The normalized spacial score (nSPS) is 22.5. The fraction of sp³-hybridized carbons (Fsp3) is 0.125.